The summed E-state index contributed by atoms with van der Waals surface area (Å²) in [6, 6.07) is 0.465. The Kier molecular flexibility index (Phi) is 7.01. The van der Waals surface area contributed by atoms with Crippen molar-refractivity contribution in [2.75, 3.05) is 26.4 Å². The fraction of sp³-hybridized carbons (Fsp3) is 1.00. The third-order valence-corrected chi connectivity index (χ3v) is 3.26. The van der Waals surface area contributed by atoms with Gasteiger partial charge in [0.1, 0.15) is 0 Å². The van der Waals surface area contributed by atoms with Gasteiger partial charge in [0.25, 0.3) is 0 Å². The summed E-state index contributed by atoms with van der Waals surface area (Å²) in [4.78, 5) is 0. The first-order valence-electron chi connectivity index (χ1n) is 6.70. The molecule has 3 unspecified atom stereocenters. The lowest BCUT2D eigenvalue weighted by atomic mass is 9.99. The van der Waals surface area contributed by atoms with Crippen LogP contribution in [0.3, 0.4) is 0 Å². The molecule has 0 aromatic carbocycles. The van der Waals surface area contributed by atoms with Gasteiger partial charge in [-0.15, -0.1) is 0 Å². The Hall–Kier alpha value is -0.120. The molecule has 0 aromatic heterocycles. The van der Waals surface area contributed by atoms with Crippen LogP contribution in [0.1, 0.15) is 40.0 Å². The van der Waals surface area contributed by atoms with Crippen molar-refractivity contribution in [3.63, 3.8) is 0 Å². The summed E-state index contributed by atoms with van der Waals surface area (Å²) in [5.74, 6) is 0.633. The maximum absolute atomic E-state index is 5.89. The van der Waals surface area contributed by atoms with Crippen molar-refractivity contribution in [3.8, 4) is 0 Å². The van der Waals surface area contributed by atoms with E-state index in [0.29, 0.717) is 18.1 Å². The molecule has 0 aromatic rings. The van der Waals surface area contributed by atoms with E-state index >= 15 is 0 Å². The summed E-state index contributed by atoms with van der Waals surface area (Å²) in [6.07, 6.45) is 3.90. The van der Waals surface area contributed by atoms with Gasteiger partial charge in [0, 0.05) is 18.6 Å². The third-order valence-electron chi connectivity index (χ3n) is 3.26. The van der Waals surface area contributed by atoms with Crippen molar-refractivity contribution >= 4 is 0 Å². The fourth-order valence-electron chi connectivity index (χ4n) is 2.25. The van der Waals surface area contributed by atoms with Gasteiger partial charge in [-0.25, -0.2) is 0 Å². The standard InChI is InChI=1S/C13H27NO2/c1-4-6-11(3)16-10-13(14-5-2)12-7-8-15-9-12/h11-14H,4-10H2,1-3H3. The highest BCUT2D eigenvalue weighted by Crippen LogP contribution is 2.17. The summed E-state index contributed by atoms with van der Waals surface area (Å²) >= 11 is 0. The summed E-state index contributed by atoms with van der Waals surface area (Å²) in [5.41, 5.74) is 0. The number of hydrogen-bond acceptors (Lipinski definition) is 3. The van der Waals surface area contributed by atoms with E-state index in [1.807, 2.05) is 0 Å². The monoisotopic (exact) mass is 229 g/mol. The van der Waals surface area contributed by atoms with Crippen molar-refractivity contribution in [1.29, 1.82) is 0 Å². The molecular formula is C13H27NO2. The first-order chi connectivity index (χ1) is 7.77. The van der Waals surface area contributed by atoms with E-state index in [4.69, 9.17) is 9.47 Å². The van der Waals surface area contributed by atoms with Crippen LogP contribution in [0.4, 0.5) is 0 Å². The summed E-state index contributed by atoms with van der Waals surface area (Å²) in [5, 5.41) is 3.52. The lowest BCUT2D eigenvalue weighted by Crippen LogP contribution is -2.41. The molecular weight excluding hydrogens is 202 g/mol. The number of nitrogens with one attached hydrogen (secondary N) is 1. The molecule has 3 heteroatoms. The first kappa shape index (κ1) is 13.9. The average Bonchev–Trinajstić information content (AvgIpc) is 2.78. The Morgan fingerprint density at radius 3 is 2.81 bits per heavy atom. The zero-order valence-corrected chi connectivity index (χ0v) is 11.0. The van der Waals surface area contributed by atoms with Crippen LogP contribution in [-0.4, -0.2) is 38.5 Å². The van der Waals surface area contributed by atoms with Crippen molar-refractivity contribution in [1.82, 2.24) is 5.32 Å². The van der Waals surface area contributed by atoms with E-state index in [9.17, 15) is 0 Å². The number of rotatable bonds is 8. The second-order valence-corrected chi connectivity index (χ2v) is 4.72. The molecule has 1 heterocycles. The molecule has 0 bridgehead atoms. The first-order valence-corrected chi connectivity index (χ1v) is 6.70. The molecule has 1 N–H and O–H groups in total. The number of hydrogen-bond donors (Lipinski definition) is 1. The Labute approximate surface area is 99.9 Å². The molecule has 1 rings (SSSR count). The Morgan fingerprint density at radius 2 is 2.25 bits per heavy atom. The minimum Gasteiger partial charge on any atom is -0.381 e. The minimum atomic E-state index is 0.383. The molecule has 0 aliphatic carbocycles. The van der Waals surface area contributed by atoms with Crippen molar-refractivity contribution in [3.05, 3.63) is 0 Å². The van der Waals surface area contributed by atoms with Gasteiger partial charge in [-0.2, -0.15) is 0 Å². The molecule has 1 aliphatic heterocycles. The number of likely N-dealkylation sites (N-methyl/N-ethyl adjacent to an activating group) is 1. The molecule has 0 saturated carbocycles. The van der Waals surface area contributed by atoms with Crippen LogP contribution >= 0.6 is 0 Å². The quantitative estimate of drug-likeness (QED) is 0.692. The van der Waals surface area contributed by atoms with Gasteiger partial charge in [-0.1, -0.05) is 20.3 Å². The molecule has 3 atom stereocenters. The van der Waals surface area contributed by atoms with Crippen molar-refractivity contribution in [2.45, 2.75) is 52.2 Å². The maximum atomic E-state index is 5.89. The van der Waals surface area contributed by atoms with Crippen LogP contribution in [0.5, 0.6) is 0 Å². The van der Waals surface area contributed by atoms with E-state index in [1.165, 1.54) is 12.8 Å². The average molecular weight is 229 g/mol. The van der Waals surface area contributed by atoms with Crippen LogP contribution < -0.4 is 5.32 Å². The van der Waals surface area contributed by atoms with Gasteiger partial charge in [0.05, 0.1) is 19.3 Å². The van der Waals surface area contributed by atoms with E-state index in [0.717, 1.165) is 32.8 Å². The van der Waals surface area contributed by atoms with E-state index in [-0.39, 0.29) is 0 Å². The number of ether oxygens (including phenoxy) is 2. The van der Waals surface area contributed by atoms with Crippen molar-refractivity contribution in [2.24, 2.45) is 5.92 Å². The SMILES string of the molecule is CCCC(C)OCC(NCC)C1CCOC1. The minimum absolute atomic E-state index is 0.383. The molecule has 0 amide bonds. The van der Waals surface area contributed by atoms with Crippen molar-refractivity contribution < 1.29 is 9.47 Å². The third kappa shape index (κ3) is 4.81. The predicted octanol–water partition coefficient (Wildman–Crippen LogP) is 2.21. The highest BCUT2D eigenvalue weighted by molar-refractivity contribution is 4.79. The predicted molar refractivity (Wildman–Crippen MR) is 66.7 cm³/mol. The highest BCUT2D eigenvalue weighted by atomic mass is 16.5. The van der Waals surface area contributed by atoms with Gasteiger partial charge >= 0.3 is 0 Å². The molecule has 16 heavy (non-hydrogen) atoms. The zero-order valence-electron chi connectivity index (χ0n) is 11.0. The Balaban J connectivity index is 2.26. The second kappa shape index (κ2) is 8.04. The summed E-state index contributed by atoms with van der Waals surface area (Å²) in [6.45, 7) is 10.2. The maximum Gasteiger partial charge on any atom is 0.0626 e. The molecule has 96 valence electrons. The van der Waals surface area contributed by atoms with Crippen LogP contribution in [0.25, 0.3) is 0 Å². The Morgan fingerprint density at radius 1 is 1.44 bits per heavy atom. The topological polar surface area (TPSA) is 30.5 Å². The zero-order chi connectivity index (χ0) is 11.8. The largest absolute Gasteiger partial charge is 0.381 e. The molecule has 1 aliphatic rings. The lowest BCUT2D eigenvalue weighted by molar-refractivity contribution is 0.0314. The lowest BCUT2D eigenvalue weighted by Gasteiger charge is -2.25. The smallest absolute Gasteiger partial charge is 0.0626 e. The van der Waals surface area contributed by atoms with Crippen LogP contribution in [0.2, 0.25) is 0 Å². The van der Waals surface area contributed by atoms with E-state index in [2.05, 4.69) is 26.1 Å². The van der Waals surface area contributed by atoms with E-state index in [1.54, 1.807) is 0 Å². The van der Waals surface area contributed by atoms with Crippen LogP contribution in [-0.2, 0) is 9.47 Å². The van der Waals surface area contributed by atoms with E-state index < -0.39 is 0 Å². The summed E-state index contributed by atoms with van der Waals surface area (Å²) in [7, 11) is 0. The van der Waals surface area contributed by atoms with Gasteiger partial charge in [0.15, 0.2) is 0 Å². The van der Waals surface area contributed by atoms with Crippen LogP contribution in [0, 0.1) is 5.92 Å². The normalized spacial score (nSPS) is 24.6. The van der Waals surface area contributed by atoms with Gasteiger partial charge < -0.3 is 14.8 Å². The Bertz CT molecular complexity index is 169. The van der Waals surface area contributed by atoms with Gasteiger partial charge in [-0.05, 0) is 26.3 Å². The molecule has 0 radical (unpaired) electrons. The molecule has 1 fully saturated rings. The molecule has 0 spiro atoms. The molecule has 3 nitrogen and oxygen atoms in total. The van der Waals surface area contributed by atoms with Gasteiger partial charge in [-0.3, -0.25) is 0 Å². The molecule has 1 saturated heterocycles. The van der Waals surface area contributed by atoms with Gasteiger partial charge in [0.2, 0.25) is 0 Å². The highest BCUT2D eigenvalue weighted by Gasteiger charge is 2.25. The van der Waals surface area contributed by atoms with Crippen LogP contribution in [0.15, 0.2) is 0 Å². The fourth-order valence-corrected chi connectivity index (χ4v) is 2.25. The summed E-state index contributed by atoms with van der Waals surface area (Å²) < 4.78 is 11.3. The second-order valence-electron chi connectivity index (χ2n) is 4.72.